The van der Waals surface area contributed by atoms with Crippen LogP contribution in [0, 0.1) is 20.8 Å². The van der Waals surface area contributed by atoms with Crippen LogP contribution < -0.4 is 14.8 Å². The smallest absolute Gasteiger partial charge is 0.161 e. The van der Waals surface area contributed by atoms with Crippen LogP contribution in [0.1, 0.15) is 27.8 Å². The molecule has 0 bridgehead atoms. The van der Waals surface area contributed by atoms with E-state index in [1.54, 1.807) is 14.2 Å². The van der Waals surface area contributed by atoms with Gasteiger partial charge >= 0.3 is 0 Å². The Morgan fingerprint density at radius 2 is 1.45 bits per heavy atom. The Bertz CT molecular complexity index is 627. The summed E-state index contributed by atoms with van der Waals surface area (Å²) in [5.41, 5.74) is 6.57. The number of ether oxygens (including phenoxy) is 2. The third kappa shape index (κ3) is 3.80. The molecule has 0 spiro atoms. The van der Waals surface area contributed by atoms with Crippen LogP contribution >= 0.6 is 0 Å². The molecule has 1 N–H and O–H groups in total. The number of nitrogens with one attached hydrogen (secondary N) is 1. The lowest BCUT2D eigenvalue weighted by Gasteiger charge is -2.13. The molecule has 0 heterocycles. The van der Waals surface area contributed by atoms with Gasteiger partial charge < -0.3 is 14.8 Å². The van der Waals surface area contributed by atoms with E-state index in [0.717, 1.165) is 24.6 Å². The number of rotatable bonds is 6. The van der Waals surface area contributed by atoms with Crippen molar-refractivity contribution in [2.45, 2.75) is 33.9 Å². The first-order valence-corrected chi connectivity index (χ1v) is 7.53. The Kier molecular flexibility index (Phi) is 5.45. The van der Waals surface area contributed by atoms with E-state index in [-0.39, 0.29) is 0 Å². The van der Waals surface area contributed by atoms with Crippen molar-refractivity contribution in [1.29, 1.82) is 0 Å². The molecule has 118 valence electrons. The minimum absolute atomic E-state index is 0.761. The third-order valence-corrected chi connectivity index (χ3v) is 3.92. The molecule has 2 rings (SSSR count). The summed E-state index contributed by atoms with van der Waals surface area (Å²) in [6.45, 7) is 8.15. The minimum Gasteiger partial charge on any atom is -0.493 e. The second-order valence-electron chi connectivity index (χ2n) is 5.67. The first-order valence-electron chi connectivity index (χ1n) is 7.53. The molecule has 0 aliphatic carbocycles. The molecular formula is C19H25NO2. The summed E-state index contributed by atoms with van der Waals surface area (Å²) in [6, 6.07) is 10.5. The number of hydrogen-bond donors (Lipinski definition) is 1. The van der Waals surface area contributed by atoms with Crippen LogP contribution in [0.25, 0.3) is 0 Å². The molecule has 0 fully saturated rings. The van der Waals surface area contributed by atoms with E-state index in [1.807, 2.05) is 12.1 Å². The van der Waals surface area contributed by atoms with Gasteiger partial charge in [0.1, 0.15) is 0 Å². The van der Waals surface area contributed by atoms with Crippen LogP contribution in [0.4, 0.5) is 0 Å². The van der Waals surface area contributed by atoms with Crippen LogP contribution in [0.3, 0.4) is 0 Å². The molecule has 22 heavy (non-hydrogen) atoms. The molecule has 0 saturated carbocycles. The van der Waals surface area contributed by atoms with Gasteiger partial charge in [0.2, 0.25) is 0 Å². The Labute approximate surface area is 133 Å². The van der Waals surface area contributed by atoms with E-state index in [1.165, 1.54) is 27.8 Å². The zero-order chi connectivity index (χ0) is 16.1. The summed E-state index contributed by atoms with van der Waals surface area (Å²) in [5, 5.41) is 3.51. The summed E-state index contributed by atoms with van der Waals surface area (Å²) in [4.78, 5) is 0. The predicted molar refractivity (Wildman–Crippen MR) is 90.7 cm³/mol. The highest BCUT2D eigenvalue weighted by molar-refractivity contribution is 5.43. The fourth-order valence-electron chi connectivity index (χ4n) is 2.81. The molecule has 0 radical (unpaired) electrons. The van der Waals surface area contributed by atoms with Gasteiger partial charge in [0.05, 0.1) is 14.2 Å². The molecule has 0 atom stereocenters. The summed E-state index contributed by atoms with van der Waals surface area (Å²) in [6.07, 6.45) is 0. The standard InChI is InChI=1S/C19H25NO2/c1-13-8-14(2)17(15(3)9-13)12-20-11-16-6-7-18(21-4)19(10-16)22-5/h6-10,20H,11-12H2,1-5H3. The van der Waals surface area contributed by atoms with Crippen LogP contribution in [0.2, 0.25) is 0 Å². The highest BCUT2D eigenvalue weighted by Gasteiger charge is 2.06. The molecule has 3 nitrogen and oxygen atoms in total. The van der Waals surface area contributed by atoms with E-state index in [9.17, 15) is 0 Å². The second-order valence-corrected chi connectivity index (χ2v) is 5.67. The molecule has 2 aromatic carbocycles. The Balaban J connectivity index is 2.02. The molecule has 0 amide bonds. The van der Waals surface area contributed by atoms with Crippen molar-refractivity contribution in [3.63, 3.8) is 0 Å². The largest absolute Gasteiger partial charge is 0.493 e. The van der Waals surface area contributed by atoms with Crippen LogP contribution in [-0.4, -0.2) is 14.2 Å². The van der Waals surface area contributed by atoms with Crippen molar-refractivity contribution in [3.05, 3.63) is 58.1 Å². The molecule has 0 aliphatic heterocycles. The van der Waals surface area contributed by atoms with Crippen molar-refractivity contribution < 1.29 is 9.47 Å². The van der Waals surface area contributed by atoms with E-state index in [4.69, 9.17) is 9.47 Å². The zero-order valence-electron chi connectivity index (χ0n) is 14.1. The SMILES string of the molecule is COc1ccc(CNCc2c(C)cc(C)cc2C)cc1OC. The van der Waals surface area contributed by atoms with Gasteiger partial charge in [-0.3, -0.25) is 0 Å². The van der Waals surface area contributed by atoms with E-state index >= 15 is 0 Å². The van der Waals surface area contributed by atoms with Gasteiger partial charge in [0, 0.05) is 13.1 Å². The molecular weight excluding hydrogens is 274 g/mol. The molecule has 0 saturated heterocycles. The lowest BCUT2D eigenvalue weighted by molar-refractivity contribution is 0.354. The Morgan fingerprint density at radius 1 is 0.818 bits per heavy atom. The van der Waals surface area contributed by atoms with Gasteiger partial charge in [-0.05, 0) is 55.2 Å². The first kappa shape index (κ1) is 16.4. The van der Waals surface area contributed by atoms with Crippen LogP contribution in [0.5, 0.6) is 11.5 Å². The number of hydrogen-bond acceptors (Lipinski definition) is 3. The predicted octanol–water partition coefficient (Wildman–Crippen LogP) is 3.92. The zero-order valence-corrected chi connectivity index (χ0v) is 14.1. The van der Waals surface area contributed by atoms with Gasteiger partial charge in [-0.2, -0.15) is 0 Å². The first-order chi connectivity index (χ1) is 10.5. The highest BCUT2D eigenvalue weighted by Crippen LogP contribution is 2.27. The van der Waals surface area contributed by atoms with Crippen molar-refractivity contribution >= 4 is 0 Å². The monoisotopic (exact) mass is 299 g/mol. The topological polar surface area (TPSA) is 30.5 Å². The van der Waals surface area contributed by atoms with Gasteiger partial charge in [-0.15, -0.1) is 0 Å². The van der Waals surface area contributed by atoms with Crippen molar-refractivity contribution in [2.24, 2.45) is 0 Å². The maximum atomic E-state index is 5.34. The normalized spacial score (nSPS) is 10.6. The van der Waals surface area contributed by atoms with Gasteiger partial charge in [0.25, 0.3) is 0 Å². The van der Waals surface area contributed by atoms with Gasteiger partial charge in [-0.25, -0.2) is 0 Å². The maximum absolute atomic E-state index is 5.34. The van der Waals surface area contributed by atoms with Crippen molar-refractivity contribution in [2.75, 3.05) is 14.2 Å². The van der Waals surface area contributed by atoms with E-state index in [2.05, 4.69) is 44.3 Å². The van der Waals surface area contributed by atoms with Crippen molar-refractivity contribution in [3.8, 4) is 11.5 Å². The summed E-state index contributed by atoms with van der Waals surface area (Å²) in [7, 11) is 3.31. The second kappa shape index (κ2) is 7.32. The summed E-state index contributed by atoms with van der Waals surface area (Å²) >= 11 is 0. The lowest BCUT2D eigenvalue weighted by Crippen LogP contribution is -2.14. The molecule has 2 aromatic rings. The van der Waals surface area contributed by atoms with E-state index < -0.39 is 0 Å². The fraction of sp³-hybridized carbons (Fsp3) is 0.368. The van der Waals surface area contributed by atoms with E-state index in [0.29, 0.717) is 0 Å². The van der Waals surface area contributed by atoms with Gasteiger partial charge in [0.15, 0.2) is 11.5 Å². The summed E-state index contributed by atoms with van der Waals surface area (Å²) < 4.78 is 10.6. The Hall–Kier alpha value is -2.00. The minimum atomic E-state index is 0.761. The van der Waals surface area contributed by atoms with Gasteiger partial charge in [-0.1, -0.05) is 23.8 Å². The fourth-order valence-corrected chi connectivity index (χ4v) is 2.81. The summed E-state index contributed by atoms with van der Waals surface area (Å²) in [5.74, 6) is 1.53. The average molecular weight is 299 g/mol. The maximum Gasteiger partial charge on any atom is 0.161 e. The average Bonchev–Trinajstić information content (AvgIpc) is 2.49. The molecule has 0 unspecified atom stereocenters. The Morgan fingerprint density at radius 3 is 2.05 bits per heavy atom. The molecule has 0 aromatic heterocycles. The third-order valence-electron chi connectivity index (χ3n) is 3.92. The quantitative estimate of drug-likeness (QED) is 0.877. The number of methoxy groups -OCH3 is 2. The molecule has 0 aliphatic rings. The van der Waals surface area contributed by atoms with Crippen molar-refractivity contribution in [1.82, 2.24) is 5.32 Å². The van der Waals surface area contributed by atoms with Crippen LogP contribution in [-0.2, 0) is 13.1 Å². The van der Waals surface area contributed by atoms with Crippen LogP contribution in [0.15, 0.2) is 30.3 Å². The number of aryl methyl sites for hydroxylation is 3. The number of benzene rings is 2. The lowest BCUT2D eigenvalue weighted by atomic mass is 10.00. The highest BCUT2D eigenvalue weighted by atomic mass is 16.5. The molecule has 3 heteroatoms.